The maximum absolute atomic E-state index is 13.1. The van der Waals surface area contributed by atoms with E-state index in [0.717, 1.165) is 42.2 Å². The van der Waals surface area contributed by atoms with E-state index in [1.165, 1.54) is 43.9 Å². The molecule has 0 amide bonds. The van der Waals surface area contributed by atoms with Crippen LogP contribution in [0.25, 0.3) is 0 Å². The van der Waals surface area contributed by atoms with Crippen LogP contribution in [-0.2, 0) is 24.8 Å². The first-order valence-corrected chi connectivity index (χ1v) is 15.0. The number of anilines is 2. The SMILES string of the molecule is CN(C)S(=O)(=O)c1ccc(S(=O)(=O)Nc2ccccc2N2CCCC(OCC3=CCCC=C3)C2)cc1. The first kappa shape index (κ1) is 26.4. The van der Waals surface area contributed by atoms with E-state index in [1.807, 2.05) is 12.1 Å². The normalized spacial score (nSPS) is 18.8. The molecule has 1 fully saturated rings. The van der Waals surface area contributed by atoms with Gasteiger partial charge in [-0.1, -0.05) is 30.4 Å². The summed E-state index contributed by atoms with van der Waals surface area (Å²) in [7, 11) is -4.71. The van der Waals surface area contributed by atoms with Crippen LogP contribution in [0.15, 0.2) is 82.1 Å². The van der Waals surface area contributed by atoms with Crippen molar-refractivity contribution in [1.29, 1.82) is 0 Å². The van der Waals surface area contributed by atoms with Gasteiger partial charge in [-0.05, 0) is 67.7 Å². The fourth-order valence-electron chi connectivity index (χ4n) is 4.32. The minimum Gasteiger partial charge on any atom is -0.372 e. The number of ether oxygens (including phenoxy) is 1. The van der Waals surface area contributed by atoms with Gasteiger partial charge < -0.3 is 9.64 Å². The van der Waals surface area contributed by atoms with Crippen LogP contribution in [-0.4, -0.2) is 61.0 Å². The molecular weight excluding hydrogens is 498 g/mol. The first-order chi connectivity index (χ1) is 17.2. The summed E-state index contributed by atoms with van der Waals surface area (Å²) in [5, 5.41) is 0. The van der Waals surface area contributed by atoms with Crippen molar-refractivity contribution in [2.24, 2.45) is 0 Å². The smallest absolute Gasteiger partial charge is 0.261 e. The molecule has 1 heterocycles. The Labute approximate surface area is 214 Å². The van der Waals surface area contributed by atoms with Gasteiger partial charge in [0.25, 0.3) is 10.0 Å². The lowest BCUT2D eigenvalue weighted by atomic mass is 10.1. The van der Waals surface area contributed by atoms with Crippen molar-refractivity contribution in [3.8, 4) is 0 Å². The lowest BCUT2D eigenvalue weighted by Gasteiger charge is -2.35. The highest BCUT2D eigenvalue weighted by molar-refractivity contribution is 7.92. The van der Waals surface area contributed by atoms with Gasteiger partial charge in [0.15, 0.2) is 0 Å². The zero-order valence-corrected chi connectivity index (χ0v) is 22.3. The van der Waals surface area contributed by atoms with Crippen molar-refractivity contribution < 1.29 is 21.6 Å². The summed E-state index contributed by atoms with van der Waals surface area (Å²) < 4.78 is 60.9. The Bertz CT molecular complexity index is 1330. The summed E-state index contributed by atoms with van der Waals surface area (Å²) in [5.41, 5.74) is 2.47. The Morgan fingerprint density at radius 3 is 2.42 bits per heavy atom. The molecule has 8 nitrogen and oxygen atoms in total. The van der Waals surface area contributed by atoms with Crippen molar-refractivity contribution in [3.63, 3.8) is 0 Å². The van der Waals surface area contributed by atoms with Gasteiger partial charge in [-0.3, -0.25) is 4.72 Å². The summed E-state index contributed by atoms with van der Waals surface area (Å²) in [6.07, 6.45) is 10.6. The van der Waals surface area contributed by atoms with Gasteiger partial charge in [0.1, 0.15) is 0 Å². The summed E-state index contributed by atoms with van der Waals surface area (Å²) in [6.45, 7) is 2.06. The zero-order valence-electron chi connectivity index (χ0n) is 20.6. The molecule has 36 heavy (non-hydrogen) atoms. The molecule has 0 bridgehead atoms. The molecule has 0 radical (unpaired) electrons. The second kappa shape index (κ2) is 11.2. The van der Waals surface area contributed by atoms with Crippen LogP contribution in [0.4, 0.5) is 11.4 Å². The molecule has 1 atom stereocenters. The fourth-order valence-corrected chi connectivity index (χ4v) is 6.30. The van der Waals surface area contributed by atoms with E-state index in [9.17, 15) is 16.8 Å². The molecule has 1 aliphatic carbocycles. The number of rotatable bonds is 9. The van der Waals surface area contributed by atoms with Gasteiger partial charge >= 0.3 is 0 Å². The van der Waals surface area contributed by atoms with Gasteiger partial charge in [0.05, 0.1) is 33.9 Å². The van der Waals surface area contributed by atoms with E-state index in [2.05, 4.69) is 27.9 Å². The van der Waals surface area contributed by atoms with E-state index in [1.54, 1.807) is 12.1 Å². The summed E-state index contributed by atoms with van der Waals surface area (Å²) in [4.78, 5) is 2.18. The molecule has 1 unspecified atom stereocenters. The molecule has 0 spiro atoms. The van der Waals surface area contributed by atoms with Crippen molar-refractivity contribution in [2.45, 2.75) is 41.6 Å². The zero-order chi connectivity index (χ0) is 25.8. The molecule has 1 aliphatic heterocycles. The second-order valence-electron chi connectivity index (χ2n) is 9.16. The Hall–Kier alpha value is -2.66. The van der Waals surface area contributed by atoms with E-state index < -0.39 is 20.0 Å². The Kier molecular flexibility index (Phi) is 8.19. The number of sulfonamides is 2. The Morgan fingerprint density at radius 1 is 1.00 bits per heavy atom. The average molecular weight is 532 g/mol. The Morgan fingerprint density at radius 2 is 1.72 bits per heavy atom. The van der Waals surface area contributed by atoms with Crippen LogP contribution >= 0.6 is 0 Å². The van der Waals surface area contributed by atoms with Crippen molar-refractivity contribution >= 4 is 31.4 Å². The quantitative estimate of drug-likeness (QED) is 0.526. The summed E-state index contributed by atoms with van der Waals surface area (Å²) >= 11 is 0. The number of allylic oxidation sites excluding steroid dienone is 2. The van der Waals surface area contributed by atoms with E-state index in [-0.39, 0.29) is 15.9 Å². The van der Waals surface area contributed by atoms with Gasteiger partial charge in [0, 0.05) is 27.2 Å². The minimum absolute atomic E-state index is 0.0105. The number of benzene rings is 2. The van der Waals surface area contributed by atoms with Crippen LogP contribution in [0.1, 0.15) is 25.7 Å². The molecule has 0 aromatic heterocycles. The molecule has 2 aromatic rings. The number of para-hydroxylation sites is 2. The van der Waals surface area contributed by atoms with Crippen LogP contribution in [0.2, 0.25) is 0 Å². The minimum atomic E-state index is -3.93. The highest BCUT2D eigenvalue weighted by Crippen LogP contribution is 2.31. The molecule has 1 saturated heterocycles. The molecule has 10 heteroatoms. The van der Waals surface area contributed by atoms with Crippen molar-refractivity contribution in [3.05, 3.63) is 72.3 Å². The molecule has 2 aromatic carbocycles. The van der Waals surface area contributed by atoms with Crippen LogP contribution < -0.4 is 9.62 Å². The highest BCUT2D eigenvalue weighted by Gasteiger charge is 2.25. The van der Waals surface area contributed by atoms with Crippen LogP contribution in [0, 0.1) is 0 Å². The van der Waals surface area contributed by atoms with Gasteiger partial charge in [-0.2, -0.15) is 0 Å². The third-order valence-electron chi connectivity index (χ3n) is 6.34. The first-order valence-electron chi connectivity index (χ1n) is 12.0. The summed E-state index contributed by atoms with van der Waals surface area (Å²) in [5.74, 6) is 0. The lowest BCUT2D eigenvalue weighted by Crippen LogP contribution is -2.40. The molecule has 1 N–H and O–H groups in total. The molecule has 0 saturated carbocycles. The Balaban J connectivity index is 1.48. The molecule has 194 valence electrons. The van der Waals surface area contributed by atoms with Crippen molar-refractivity contribution in [2.75, 3.05) is 43.4 Å². The predicted molar refractivity (Wildman–Crippen MR) is 142 cm³/mol. The van der Waals surface area contributed by atoms with Gasteiger partial charge in [-0.25, -0.2) is 21.1 Å². The number of piperidine rings is 1. The second-order valence-corrected chi connectivity index (χ2v) is 13.0. The number of nitrogens with zero attached hydrogens (tertiary/aromatic N) is 2. The van der Waals surface area contributed by atoms with E-state index in [0.29, 0.717) is 18.8 Å². The lowest BCUT2D eigenvalue weighted by molar-refractivity contribution is 0.0600. The van der Waals surface area contributed by atoms with Crippen LogP contribution in [0.3, 0.4) is 0 Å². The van der Waals surface area contributed by atoms with Crippen molar-refractivity contribution in [1.82, 2.24) is 4.31 Å². The monoisotopic (exact) mass is 531 g/mol. The van der Waals surface area contributed by atoms with E-state index >= 15 is 0 Å². The molecule has 4 rings (SSSR count). The molecular formula is C26H33N3O5S2. The number of nitrogens with one attached hydrogen (secondary N) is 1. The fraction of sp³-hybridized carbons (Fsp3) is 0.385. The topological polar surface area (TPSA) is 96.0 Å². The third kappa shape index (κ3) is 6.18. The summed E-state index contributed by atoms with van der Waals surface area (Å²) in [6, 6.07) is 12.5. The number of hydrogen-bond acceptors (Lipinski definition) is 6. The maximum Gasteiger partial charge on any atom is 0.261 e. The maximum atomic E-state index is 13.1. The largest absolute Gasteiger partial charge is 0.372 e. The van der Waals surface area contributed by atoms with Gasteiger partial charge in [0.2, 0.25) is 10.0 Å². The number of hydrogen-bond donors (Lipinski definition) is 1. The van der Waals surface area contributed by atoms with E-state index in [4.69, 9.17) is 4.74 Å². The average Bonchev–Trinajstić information content (AvgIpc) is 2.88. The molecule has 2 aliphatic rings. The van der Waals surface area contributed by atoms with Crippen LogP contribution in [0.5, 0.6) is 0 Å². The highest BCUT2D eigenvalue weighted by atomic mass is 32.2. The third-order valence-corrected chi connectivity index (χ3v) is 9.55. The predicted octanol–water partition coefficient (Wildman–Crippen LogP) is 4.00. The van der Waals surface area contributed by atoms with Gasteiger partial charge in [-0.15, -0.1) is 0 Å². The standard InChI is InChI=1S/C26H33N3O5S2/c1-28(2)36(32,33)24-16-14-23(15-17-24)35(30,31)27-25-12-6-7-13-26(25)29-18-8-11-22(19-29)34-20-21-9-4-3-5-10-21/h4,6-7,9-10,12-17,22,27H,3,5,8,11,18-20H2,1-2H3.